The molecule has 4 aliphatic rings. The first kappa shape index (κ1) is 20.6. The number of aliphatic hydroxyl groups is 1. The lowest BCUT2D eigenvalue weighted by Crippen LogP contribution is -2.60. The Hall–Kier alpha value is -0.710. The van der Waals surface area contributed by atoms with Gasteiger partial charge < -0.3 is 10.2 Å². The number of halogens is 2. The summed E-state index contributed by atoms with van der Waals surface area (Å²) in [6.07, 6.45) is 8.17. The fraction of sp³-hybridized carbons (Fsp3) is 0.957. The summed E-state index contributed by atoms with van der Waals surface area (Å²) in [5.41, 5.74) is -0.163. The molecule has 0 saturated heterocycles. The van der Waals surface area contributed by atoms with Gasteiger partial charge in [-0.2, -0.15) is 0 Å². The molecule has 8 unspecified atom stereocenters. The van der Waals surface area contributed by atoms with Gasteiger partial charge in [0.1, 0.15) is 0 Å². The van der Waals surface area contributed by atoms with E-state index in [0.29, 0.717) is 6.42 Å². The number of hydrogen-bond donors (Lipinski definition) is 2. The zero-order chi connectivity index (χ0) is 20.3. The molecule has 0 amide bonds. The Morgan fingerprint density at radius 2 is 1.75 bits per heavy atom. The summed E-state index contributed by atoms with van der Waals surface area (Å²) in [4.78, 5) is 11.4. The van der Waals surface area contributed by atoms with E-state index in [1.54, 1.807) is 0 Å². The molecule has 2 N–H and O–H groups in total. The van der Waals surface area contributed by atoms with Gasteiger partial charge in [-0.3, -0.25) is 4.79 Å². The molecule has 4 rings (SSSR count). The highest BCUT2D eigenvalue weighted by Gasteiger charge is 2.67. The summed E-state index contributed by atoms with van der Waals surface area (Å²) in [7, 11) is 0. The number of carboxylic acid groups (broad SMARTS) is 1. The van der Waals surface area contributed by atoms with Gasteiger partial charge in [0, 0.05) is 12.3 Å². The summed E-state index contributed by atoms with van der Waals surface area (Å²) < 4.78 is 31.1. The number of carboxylic acids is 1. The molecule has 4 fully saturated rings. The van der Waals surface area contributed by atoms with Crippen molar-refractivity contribution in [3.05, 3.63) is 0 Å². The predicted octanol–water partition coefficient (Wildman–Crippen LogP) is 5.36. The van der Waals surface area contributed by atoms with Crippen molar-refractivity contribution < 1.29 is 23.8 Å². The fourth-order valence-corrected chi connectivity index (χ4v) is 8.28. The van der Waals surface area contributed by atoms with E-state index in [9.17, 15) is 15.0 Å². The van der Waals surface area contributed by atoms with Crippen LogP contribution in [-0.4, -0.2) is 28.7 Å². The normalized spacial score (nSPS) is 48.2. The maximum Gasteiger partial charge on any atom is 0.308 e. The fourth-order valence-electron chi connectivity index (χ4n) is 8.28. The first-order valence-corrected chi connectivity index (χ1v) is 11.3. The van der Waals surface area contributed by atoms with Gasteiger partial charge in [0.2, 0.25) is 0 Å². The number of aliphatic hydroxyl groups excluding tert-OH is 1. The smallest absolute Gasteiger partial charge is 0.308 e. The minimum absolute atomic E-state index is 0.0147. The van der Waals surface area contributed by atoms with E-state index in [1.807, 2.05) is 0 Å². The summed E-state index contributed by atoms with van der Waals surface area (Å²) in [5, 5.41) is 18.8. The molecule has 0 radical (unpaired) electrons. The Bertz CT molecular complexity index is 623. The molecule has 5 heteroatoms. The van der Waals surface area contributed by atoms with Gasteiger partial charge in [0.05, 0.1) is 12.5 Å². The van der Waals surface area contributed by atoms with Crippen LogP contribution in [0.4, 0.5) is 8.78 Å². The second-order valence-corrected chi connectivity index (χ2v) is 10.9. The van der Waals surface area contributed by atoms with Crippen molar-refractivity contribution in [3.63, 3.8) is 0 Å². The van der Waals surface area contributed by atoms with Gasteiger partial charge >= 0.3 is 5.97 Å². The molecule has 4 aliphatic carbocycles. The van der Waals surface area contributed by atoms with Crippen LogP contribution in [0.15, 0.2) is 0 Å². The molecule has 3 nitrogen and oxygen atoms in total. The Balaban J connectivity index is 1.62. The lowest BCUT2D eigenvalue weighted by atomic mass is 9.44. The summed E-state index contributed by atoms with van der Waals surface area (Å²) in [6.45, 7) is 4.08. The van der Waals surface area contributed by atoms with Gasteiger partial charge in [-0.05, 0) is 79.4 Å². The first-order valence-electron chi connectivity index (χ1n) is 11.3. The van der Waals surface area contributed by atoms with Crippen LogP contribution in [0.5, 0.6) is 0 Å². The molecule has 28 heavy (non-hydrogen) atoms. The number of carbonyl (C=O) groups is 1. The molecule has 4 saturated carbocycles. The molecule has 0 spiro atoms. The van der Waals surface area contributed by atoms with Crippen molar-refractivity contribution in [2.75, 3.05) is 6.61 Å². The Morgan fingerprint density at radius 1 is 1.04 bits per heavy atom. The maximum atomic E-state index is 15.5. The van der Waals surface area contributed by atoms with Gasteiger partial charge in [0.25, 0.3) is 5.92 Å². The maximum absolute atomic E-state index is 15.5. The van der Waals surface area contributed by atoms with Crippen molar-refractivity contribution in [1.82, 2.24) is 0 Å². The van der Waals surface area contributed by atoms with Gasteiger partial charge in [-0.25, -0.2) is 8.78 Å². The topological polar surface area (TPSA) is 57.5 Å². The van der Waals surface area contributed by atoms with Crippen molar-refractivity contribution >= 4 is 5.97 Å². The van der Waals surface area contributed by atoms with Crippen molar-refractivity contribution in [2.45, 2.75) is 84.0 Å². The Kier molecular flexibility index (Phi) is 5.08. The first-order chi connectivity index (χ1) is 13.1. The highest BCUT2D eigenvalue weighted by Crippen LogP contribution is 2.70. The second-order valence-electron chi connectivity index (χ2n) is 10.9. The minimum atomic E-state index is -2.60. The number of fused-ring (bicyclic) bond motifs is 5. The van der Waals surface area contributed by atoms with Crippen LogP contribution in [0.2, 0.25) is 0 Å². The predicted molar refractivity (Wildman–Crippen MR) is 103 cm³/mol. The van der Waals surface area contributed by atoms with Crippen LogP contribution in [0.1, 0.15) is 78.1 Å². The molecule has 8 atom stereocenters. The summed E-state index contributed by atoms with van der Waals surface area (Å²) in [6, 6.07) is 0. The van der Waals surface area contributed by atoms with E-state index in [4.69, 9.17) is 0 Å². The Morgan fingerprint density at radius 3 is 2.43 bits per heavy atom. The highest BCUT2D eigenvalue weighted by atomic mass is 19.3. The van der Waals surface area contributed by atoms with Crippen LogP contribution in [0, 0.1) is 46.3 Å². The SMILES string of the molecule is CC12CCC3C(C1CCC2CC(CO)C(=O)O)C(F)(F)CC1CCCCC13C. The second kappa shape index (κ2) is 6.92. The van der Waals surface area contributed by atoms with E-state index >= 15 is 8.78 Å². The van der Waals surface area contributed by atoms with Gasteiger partial charge in [-0.1, -0.05) is 26.7 Å². The quantitative estimate of drug-likeness (QED) is 0.670. The average molecular weight is 399 g/mol. The summed E-state index contributed by atoms with van der Waals surface area (Å²) >= 11 is 0. The molecule has 0 aromatic rings. The number of hydrogen-bond acceptors (Lipinski definition) is 2. The molecule has 0 aromatic heterocycles. The zero-order valence-corrected chi connectivity index (χ0v) is 17.3. The third-order valence-electron chi connectivity index (χ3n) is 9.91. The van der Waals surface area contributed by atoms with Crippen LogP contribution in [0.25, 0.3) is 0 Å². The highest BCUT2D eigenvalue weighted by molar-refractivity contribution is 5.70. The number of aliphatic carboxylic acids is 1. The molecule has 160 valence electrons. The van der Waals surface area contributed by atoms with Crippen LogP contribution in [-0.2, 0) is 4.79 Å². The lowest BCUT2D eigenvalue weighted by Gasteiger charge is -2.62. The molecular weight excluding hydrogens is 362 g/mol. The van der Waals surface area contributed by atoms with Gasteiger partial charge in [-0.15, -0.1) is 0 Å². The monoisotopic (exact) mass is 398 g/mol. The molecule has 0 bridgehead atoms. The third kappa shape index (κ3) is 2.94. The third-order valence-corrected chi connectivity index (χ3v) is 9.91. The van der Waals surface area contributed by atoms with E-state index in [2.05, 4.69) is 13.8 Å². The van der Waals surface area contributed by atoms with Crippen LogP contribution in [0.3, 0.4) is 0 Å². The zero-order valence-electron chi connectivity index (χ0n) is 17.3. The largest absolute Gasteiger partial charge is 0.481 e. The molecule has 0 aromatic carbocycles. The van der Waals surface area contributed by atoms with Gasteiger partial charge in [0.15, 0.2) is 0 Å². The lowest BCUT2D eigenvalue weighted by molar-refractivity contribution is -0.232. The number of alkyl halides is 2. The standard InChI is InChI=1S/C23H36F2O3/c1-21-9-4-3-5-16(21)12-23(24,25)19-17-7-6-15(11-14(13-26)20(27)28)22(17,2)10-8-18(19)21/h14-19,26H,3-13H2,1-2H3,(H,27,28). The molecule has 0 heterocycles. The van der Waals surface area contributed by atoms with Crippen molar-refractivity contribution in [2.24, 2.45) is 46.3 Å². The van der Waals surface area contributed by atoms with E-state index < -0.39 is 23.7 Å². The van der Waals surface area contributed by atoms with Crippen LogP contribution >= 0.6 is 0 Å². The average Bonchev–Trinajstić information content (AvgIpc) is 2.95. The Labute approximate surface area is 167 Å². The molecular formula is C23H36F2O3. The number of rotatable bonds is 4. The van der Waals surface area contributed by atoms with E-state index in [1.165, 1.54) is 6.42 Å². The summed E-state index contributed by atoms with van der Waals surface area (Å²) in [5.74, 6) is -4.52. The van der Waals surface area contributed by atoms with Crippen molar-refractivity contribution in [1.29, 1.82) is 0 Å². The van der Waals surface area contributed by atoms with Crippen LogP contribution < -0.4 is 0 Å². The van der Waals surface area contributed by atoms with E-state index in [-0.39, 0.29) is 47.5 Å². The van der Waals surface area contributed by atoms with Crippen molar-refractivity contribution in [3.8, 4) is 0 Å². The van der Waals surface area contributed by atoms with E-state index in [0.717, 1.165) is 44.9 Å². The minimum Gasteiger partial charge on any atom is -0.481 e. The molecule has 0 aliphatic heterocycles.